The smallest absolute Gasteiger partial charge is 0.335 e. The molecule has 1 aromatic carbocycles. The SMILES string of the molecule is CN1C(=O)C[C@H](C(=O)NCc2cccc(C(=O)O)c2)[C@@H]1c1cccs1. The summed E-state index contributed by atoms with van der Waals surface area (Å²) in [4.78, 5) is 38.3. The van der Waals surface area contributed by atoms with E-state index in [-0.39, 0.29) is 36.4 Å². The third kappa shape index (κ3) is 3.56. The summed E-state index contributed by atoms with van der Waals surface area (Å²) >= 11 is 1.53. The largest absolute Gasteiger partial charge is 0.478 e. The summed E-state index contributed by atoms with van der Waals surface area (Å²) in [5.74, 6) is -1.70. The lowest BCUT2D eigenvalue weighted by Crippen LogP contribution is -2.34. The van der Waals surface area contributed by atoms with Gasteiger partial charge in [0.1, 0.15) is 0 Å². The van der Waals surface area contributed by atoms with Crippen LogP contribution in [0.25, 0.3) is 0 Å². The highest BCUT2D eigenvalue weighted by molar-refractivity contribution is 7.10. The Hall–Kier alpha value is -2.67. The second-order valence-electron chi connectivity index (χ2n) is 6.00. The van der Waals surface area contributed by atoms with Crippen LogP contribution in [0.15, 0.2) is 41.8 Å². The molecule has 2 heterocycles. The lowest BCUT2D eigenvalue weighted by molar-refractivity contribution is -0.128. The van der Waals surface area contributed by atoms with Crippen LogP contribution in [0.2, 0.25) is 0 Å². The highest BCUT2D eigenvalue weighted by Gasteiger charge is 2.43. The molecule has 1 aliphatic rings. The highest BCUT2D eigenvalue weighted by atomic mass is 32.1. The first-order chi connectivity index (χ1) is 12.0. The van der Waals surface area contributed by atoms with Crippen molar-refractivity contribution in [2.75, 3.05) is 7.05 Å². The molecule has 2 N–H and O–H groups in total. The minimum atomic E-state index is -1.01. The zero-order valence-corrected chi connectivity index (χ0v) is 14.5. The van der Waals surface area contributed by atoms with Crippen LogP contribution in [-0.4, -0.2) is 34.8 Å². The molecule has 2 amide bonds. The molecule has 25 heavy (non-hydrogen) atoms. The molecular formula is C18H18N2O4S. The molecule has 1 aliphatic heterocycles. The van der Waals surface area contributed by atoms with Crippen LogP contribution in [0, 0.1) is 5.92 Å². The van der Waals surface area contributed by atoms with Gasteiger partial charge in [-0.3, -0.25) is 9.59 Å². The number of amides is 2. The van der Waals surface area contributed by atoms with Crippen molar-refractivity contribution < 1.29 is 19.5 Å². The number of carboxylic acids is 1. The summed E-state index contributed by atoms with van der Waals surface area (Å²) < 4.78 is 0. The zero-order valence-electron chi connectivity index (χ0n) is 13.6. The van der Waals surface area contributed by atoms with Gasteiger partial charge < -0.3 is 15.3 Å². The van der Waals surface area contributed by atoms with Crippen molar-refractivity contribution in [1.29, 1.82) is 0 Å². The fourth-order valence-corrected chi connectivity index (χ4v) is 4.02. The molecule has 7 heteroatoms. The third-order valence-electron chi connectivity index (χ3n) is 4.40. The number of nitrogens with one attached hydrogen (secondary N) is 1. The van der Waals surface area contributed by atoms with E-state index in [0.29, 0.717) is 5.56 Å². The van der Waals surface area contributed by atoms with Gasteiger partial charge in [0.2, 0.25) is 11.8 Å². The number of hydrogen-bond acceptors (Lipinski definition) is 4. The minimum Gasteiger partial charge on any atom is -0.478 e. The number of aromatic carboxylic acids is 1. The Balaban J connectivity index is 1.71. The predicted molar refractivity (Wildman–Crippen MR) is 93.2 cm³/mol. The van der Waals surface area contributed by atoms with Crippen LogP contribution in [0.1, 0.15) is 33.3 Å². The van der Waals surface area contributed by atoms with Gasteiger partial charge in [0.05, 0.1) is 17.5 Å². The first kappa shape index (κ1) is 17.2. The summed E-state index contributed by atoms with van der Waals surface area (Å²) in [5.41, 5.74) is 0.887. The van der Waals surface area contributed by atoms with Crippen molar-refractivity contribution in [3.05, 3.63) is 57.8 Å². The molecular weight excluding hydrogens is 340 g/mol. The van der Waals surface area contributed by atoms with Crippen LogP contribution in [-0.2, 0) is 16.1 Å². The molecule has 0 unspecified atom stereocenters. The van der Waals surface area contributed by atoms with E-state index >= 15 is 0 Å². The summed E-state index contributed by atoms with van der Waals surface area (Å²) in [6.45, 7) is 0.228. The second-order valence-corrected chi connectivity index (χ2v) is 6.98. The molecule has 2 aromatic rings. The Bertz CT molecular complexity index is 803. The van der Waals surface area contributed by atoms with Gasteiger partial charge >= 0.3 is 5.97 Å². The lowest BCUT2D eigenvalue weighted by atomic mass is 9.97. The Morgan fingerprint density at radius 1 is 1.32 bits per heavy atom. The van der Waals surface area contributed by atoms with Crippen LogP contribution in [0.4, 0.5) is 0 Å². The average molecular weight is 358 g/mol. The fraction of sp³-hybridized carbons (Fsp3) is 0.278. The lowest BCUT2D eigenvalue weighted by Gasteiger charge is -2.23. The summed E-state index contributed by atoms with van der Waals surface area (Å²) in [6, 6.07) is 10.0. The van der Waals surface area contributed by atoms with E-state index in [4.69, 9.17) is 5.11 Å². The van der Waals surface area contributed by atoms with Crippen LogP contribution >= 0.6 is 11.3 Å². The van der Waals surface area contributed by atoms with Crippen molar-refractivity contribution in [2.24, 2.45) is 5.92 Å². The maximum Gasteiger partial charge on any atom is 0.335 e. The van der Waals surface area contributed by atoms with E-state index in [0.717, 1.165) is 4.88 Å². The Kier molecular flexibility index (Phi) is 4.85. The third-order valence-corrected chi connectivity index (χ3v) is 5.34. The normalized spacial score (nSPS) is 19.9. The second kappa shape index (κ2) is 7.06. The maximum absolute atomic E-state index is 12.6. The van der Waals surface area contributed by atoms with Gasteiger partial charge in [0.25, 0.3) is 0 Å². The molecule has 2 atom stereocenters. The number of benzene rings is 1. The van der Waals surface area contributed by atoms with Crippen LogP contribution in [0.5, 0.6) is 0 Å². The molecule has 6 nitrogen and oxygen atoms in total. The molecule has 130 valence electrons. The number of hydrogen-bond donors (Lipinski definition) is 2. The molecule has 0 aliphatic carbocycles. The van der Waals surface area contributed by atoms with Crippen molar-refractivity contribution in [3.63, 3.8) is 0 Å². The standard InChI is InChI=1S/C18H18N2O4S/c1-20-15(21)9-13(16(20)14-6-3-7-25-14)17(22)19-10-11-4-2-5-12(8-11)18(23)24/h2-8,13,16H,9-10H2,1H3,(H,19,22)(H,23,24)/t13-,16+/m0/s1. The van der Waals surface area contributed by atoms with E-state index in [1.165, 1.54) is 23.5 Å². The molecule has 1 saturated heterocycles. The van der Waals surface area contributed by atoms with Gasteiger partial charge in [-0.15, -0.1) is 11.3 Å². The van der Waals surface area contributed by atoms with E-state index in [1.807, 2.05) is 17.5 Å². The number of carbonyl (C=O) groups excluding carboxylic acids is 2. The summed E-state index contributed by atoms with van der Waals surface area (Å²) in [5, 5.41) is 13.8. The average Bonchev–Trinajstić information content (AvgIpc) is 3.22. The molecule has 0 radical (unpaired) electrons. The molecule has 0 spiro atoms. The van der Waals surface area contributed by atoms with E-state index in [9.17, 15) is 14.4 Å². The molecule has 1 aromatic heterocycles. The first-order valence-corrected chi connectivity index (χ1v) is 8.74. The van der Waals surface area contributed by atoms with E-state index in [1.54, 1.807) is 24.1 Å². The van der Waals surface area contributed by atoms with Gasteiger partial charge in [-0.05, 0) is 29.1 Å². The monoisotopic (exact) mass is 358 g/mol. The minimum absolute atomic E-state index is 0.0496. The van der Waals surface area contributed by atoms with Crippen molar-refractivity contribution in [2.45, 2.75) is 19.0 Å². The number of carbonyl (C=O) groups is 3. The highest BCUT2D eigenvalue weighted by Crippen LogP contribution is 2.39. The van der Waals surface area contributed by atoms with Gasteiger partial charge in [-0.2, -0.15) is 0 Å². The summed E-state index contributed by atoms with van der Waals surface area (Å²) in [6.07, 6.45) is 0.181. The summed E-state index contributed by atoms with van der Waals surface area (Å²) in [7, 11) is 1.72. The van der Waals surface area contributed by atoms with Crippen LogP contribution in [0.3, 0.4) is 0 Å². The van der Waals surface area contributed by atoms with Crippen molar-refractivity contribution >= 4 is 29.1 Å². The number of nitrogens with zero attached hydrogens (tertiary/aromatic N) is 1. The number of likely N-dealkylation sites (tertiary alicyclic amines) is 1. The molecule has 0 saturated carbocycles. The van der Waals surface area contributed by atoms with Gasteiger partial charge in [-0.1, -0.05) is 18.2 Å². The van der Waals surface area contributed by atoms with Gasteiger partial charge in [0, 0.05) is 24.9 Å². The van der Waals surface area contributed by atoms with E-state index in [2.05, 4.69) is 5.32 Å². The first-order valence-electron chi connectivity index (χ1n) is 7.86. The van der Waals surface area contributed by atoms with Gasteiger partial charge in [-0.25, -0.2) is 4.79 Å². The van der Waals surface area contributed by atoms with Crippen molar-refractivity contribution in [3.8, 4) is 0 Å². The van der Waals surface area contributed by atoms with Gasteiger partial charge in [0.15, 0.2) is 0 Å². The number of thiophene rings is 1. The Morgan fingerprint density at radius 3 is 2.80 bits per heavy atom. The Morgan fingerprint density at radius 2 is 2.12 bits per heavy atom. The molecule has 3 rings (SSSR count). The quantitative estimate of drug-likeness (QED) is 0.858. The Labute approximate surface area is 149 Å². The zero-order chi connectivity index (χ0) is 18.0. The molecule has 1 fully saturated rings. The number of carboxylic acid groups (broad SMARTS) is 1. The topological polar surface area (TPSA) is 86.7 Å². The fourth-order valence-electron chi connectivity index (χ4n) is 3.09. The number of rotatable bonds is 5. The van der Waals surface area contributed by atoms with E-state index < -0.39 is 11.9 Å². The predicted octanol–water partition coefficient (Wildman–Crippen LogP) is 2.28. The molecule has 0 bridgehead atoms. The van der Waals surface area contributed by atoms with Crippen molar-refractivity contribution in [1.82, 2.24) is 10.2 Å². The van der Waals surface area contributed by atoms with Crippen LogP contribution < -0.4 is 5.32 Å². The maximum atomic E-state index is 12.6.